The summed E-state index contributed by atoms with van der Waals surface area (Å²) in [5.74, 6) is 1.28. The Bertz CT molecular complexity index is 724. The lowest BCUT2D eigenvalue weighted by Gasteiger charge is -2.17. The molecule has 0 bridgehead atoms. The number of rotatable bonds is 6. The van der Waals surface area contributed by atoms with Gasteiger partial charge in [0, 0.05) is 13.1 Å². The molecule has 138 valence electrons. The van der Waals surface area contributed by atoms with E-state index in [9.17, 15) is 9.59 Å². The maximum absolute atomic E-state index is 12.0. The number of hydrogen-bond donors (Lipinski definition) is 3. The summed E-state index contributed by atoms with van der Waals surface area (Å²) in [5.41, 5.74) is 0.577. The van der Waals surface area contributed by atoms with Crippen molar-refractivity contribution in [2.75, 3.05) is 23.3 Å². The van der Waals surface area contributed by atoms with Gasteiger partial charge >= 0.3 is 6.03 Å². The fourth-order valence-electron chi connectivity index (χ4n) is 2.76. The maximum Gasteiger partial charge on any atom is 0.319 e. The fourth-order valence-corrected chi connectivity index (χ4v) is 2.76. The first-order valence-corrected chi connectivity index (χ1v) is 8.70. The molecule has 3 amide bonds. The number of anilines is 2. The van der Waals surface area contributed by atoms with Gasteiger partial charge in [0.25, 0.3) is 0 Å². The predicted molar refractivity (Wildman–Crippen MR) is 97.9 cm³/mol. The van der Waals surface area contributed by atoms with Crippen LogP contribution in [0.4, 0.5) is 16.3 Å². The van der Waals surface area contributed by atoms with Crippen molar-refractivity contribution >= 4 is 23.4 Å². The van der Waals surface area contributed by atoms with Crippen LogP contribution in [-0.4, -0.2) is 36.1 Å². The minimum atomic E-state index is -0.679. The smallest absolute Gasteiger partial charge is 0.319 e. The average Bonchev–Trinajstić information content (AvgIpc) is 3.34. The van der Waals surface area contributed by atoms with Crippen LogP contribution in [0.2, 0.25) is 0 Å². The Morgan fingerprint density at radius 3 is 2.73 bits per heavy atom. The fraction of sp³-hybridized carbons (Fsp3) is 0.389. The van der Waals surface area contributed by atoms with Crippen LogP contribution in [0.1, 0.15) is 25.5 Å². The van der Waals surface area contributed by atoms with E-state index in [1.165, 1.54) is 12.8 Å². The quantitative estimate of drug-likeness (QED) is 0.735. The number of pyridine rings is 1. The number of hydrogen-bond acceptors (Lipinski definition) is 5. The molecule has 0 saturated carbocycles. The zero-order valence-corrected chi connectivity index (χ0v) is 14.7. The second kappa shape index (κ2) is 8.37. The van der Waals surface area contributed by atoms with Crippen molar-refractivity contribution in [1.29, 1.82) is 0 Å². The molecule has 1 saturated heterocycles. The van der Waals surface area contributed by atoms with Crippen molar-refractivity contribution in [3.63, 3.8) is 0 Å². The van der Waals surface area contributed by atoms with Crippen LogP contribution in [0.3, 0.4) is 0 Å². The van der Waals surface area contributed by atoms with Crippen molar-refractivity contribution in [2.45, 2.75) is 32.4 Å². The van der Waals surface area contributed by atoms with E-state index in [4.69, 9.17) is 4.42 Å². The van der Waals surface area contributed by atoms with Crippen LogP contribution in [-0.2, 0) is 11.3 Å². The van der Waals surface area contributed by atoms with Gasteiger partial charge in [0.2, 0.25) is 5.91 Å². The molecule has 1 fully saturated rings. The Kier molecular flexibility index (Phi) is 5.73. The molecule has 0 aliphatic carbocycles. The third kappa shape index (κ3) is 4.75. The highest BCUT2D eigenvalue weighted by Crippen LogP contribution is 2.18. The van der Waals surface area contributed by atoms with Gasteiger partial charge in [0.05, 0.1) is 24.7 Å². The highest BCUT2D eigenvalue weighted by atomic mass is 16.3. The van der Waals surface area contributed by atoms with Gasteiger partial charge in [-0.1, -0.05) is 0 Å². The molecule has 1 aliphatic heterocycles. The lowest BCUT2D eigenvalue weighted by molar-refractivity contribution is -0.122. The van der Waals surface area contributed by atoms with Crippen molar-refractivity contribution in [2.24, 2.45) is 0 Å². The van der Waals surface area contributed by atoms with Crippen LogP contribution in [0.25, 0.3) is 0 Å². The van der Waals surface area contributed by atoms with Gasteiger partial charge in [0.1, 0.15) is 17.6 Å². The second-order valence-electron chi connectivity index (χ2n) is 6.22. The summed E-state index contributed by atoms with van der Waals surface area (Å²) in [6.07, 6.45) is 5.53. The number of amides is 3. The molecule has 3 rings (SSSR count). The zero-order valence-electron chi connectivity index (χ0n) is 14.7. The highest BCUT2D eigenvalue weighted by Gasteiger charge is 2.16. The number of nitrogens with zero attached hydrogens (tertiary/aromatic N) is 2. The summed E-state index contributed by atoms with van der Waals surface area (Å²) < 4.78 is 5.15. The molecular formula is C18H23N5O3. The van der Waals surface area contributed by atoms with E-state index in [0.717, 1.165) is 18.9 Å². The summed E-state index contributed by atoms with van der Waals surface area (Å²) in [6.45, 7) is 3.93. The van der Waals surface area contributed by atoms with E-state index in [1.807, 2.05) is 12.1 Å². The molecule has 0 spiro atoms. The van der Waals surface area contributed by atoms with Crippen molar-refractivity contribution in [3.8, 4) is 0 Å². The molecule has 0 aromatic carbocycles. The number of furan rings is 1. The van der Waals surface area contributed by atoms with Gasteiger partial charge in [-0.05, 0) is 44.0 Å². The van der Waals surface area contributed by atoms with Crippen molar-refractivity contribution in [3.05, 3.63) is 42.5 Å². The average molecular weight is 357 g/mol. The first kappa shape index (κ1) is 17.8. The van der Waals surface area contributed by atoms with E-state index in [1.54, 1.807) is 31.5 Å². The molecule has 1 aliphatic rings. The molecule has 3 heterocycles. The first-order valence-electron chi connectivity index (χ1n) is 8.70. The number of nitrogens with one attached hydrogen (secondary N) is 3. The maximum atomic E-state index is 12.0. The summed E-state index contributed by atoms with van der Waals surface area (Å²) in [4.78, 5) is 30.6. The molecule has 26 heavy (non-hydrogen) atoms. The minimum absolute atomic E-state index is 0.279. The Morgan fingerprint density at radius 1 is 1.27 bits per heavy atom. The van der Waals surface area contributed by atoms with Gasteiger partial charge in [-0.25, -0.2) is 9.78 Å². The largest absolute Gasteiger partial charge is 0.467 e. The van der Waals surface area contributed by atoms with E-state index in [2.05, 4.69) is 25.8 Å². The number of carbonyl (C=O) groups excluding carboxylic acids is 2. The zero-order chi connectivity index (χ0) is 18.4. The summed E-state index contributed by atoms with van der Waals surface area (Å²) in [5, 5.41) is 7.98. The normalized spacial score (nSPS) is 14.7. The van der Waals surface area contributed by atoms with Crippen molar-refractivity contribution in [1.82, 2.24) is 15.6 Å². The van der Waals surface area contributed by atoms with E-state index < -0.39 is 12.1 Å². The summed E-state index contributed by atoms with van der Waals surface area (Å²) in [7, 11) is 0. The van der Waals surface area contributed by atoms with E-state index in [0.29, 0.717) is 11.4 Å². The Morgan fingerprint density at radius 2 is 2.08 bits per heavy atom. The Balaban J connectivity index is 1.44. The molecule has 1 atom stereocenters. The van der Waals surface area contributed by atoms with Gasteiger partial charge in [-0.2, -0.15) is 0 Å². The standard InChI is InChI=1S/C18H23N5O3/c1-13(17(24)20-12-15-5-4-10-26-15)21-18(25)22-14-6-7-16(19-11-14)23-8-2-3-9-23/h4-7,10-11,13H,2-3,8-9,12H2,1H3,(H,20,24)(H2,21,22,25). The number of urea groups is 1. The molecule has 8 nitrogen and oxygen atoms in total. The van der Waals surface area contributed by atoms with Crippen LogP contribution in [0, 0.1) is 0 Å². The van der Waals surface area contributed by atoms with Crippen molar-refractivity contribution < 1.29 is 14.0 Å². The van der Waals surface area contributed by atoms with Gasteiger partial charge in [-0.3, -0.25) is 4.79 Å². The van der Waals surface area contributed by atoms with Crippen LogP contribution < -0.4 is 20.9 Å². The molecule has 2 aromatic heterocycles. The van der Waals surface area contributed by atoms with E-state index in [-0.39, 0.29) is 12.5 Å². The molecule has 8 heteroatoms. The number of carbonyl (C=O) groups is 2. The predicted octanol–water partition coefficient (Wildman–Crippen LogP) is 2.10. The Hall–Kier alpha value is -3.03. The molecule has 1 unspecified atom stereocenters. The highest BCUT2D eigenvalue weighted by molar-refractivity contribution is 5.93. The third-order valence-electron chi connectivity index (χ3n) is 4.19. The minimum Gasteiger partial charge on any atom is -0.467 e. The van der Waals surface area contributed by atoms with Gasteiger partial charge in [0.15, 0.2) is 0 Å². The lowest BCUT2D eigenvalue weighted by Crippen LogP contribution is -2.46. The molecular weight excluding hydrogens is 334 g/mol. The third-order valence-corrected chi connectivity index (χ3v) is 4.19. The van der Waals surface area contributed by atoms with Crippen LogP contribution in [0.15, 0.2) is 41.1 Å². The molecule has 3 N–H and O–H groups in total. The Labute approximate surface area is 152 Å². The van der Waals surface area contributed by atoms with E-state index >= 15 is 0 Å². The van der Waals surface area contributed by atoms with Crippen LogP contribution in [0.5, 0.6) is 0 Å². The molecule has 2 aromatic rings. The van der Waals surface area contributed by atoms with Gasteiger partial charge in [-0.15, -0.1) is 0 Å². The van der Waals surface area contributed by atoms with Gasteiger partial charge < -0.3 is 25.3 Å². The monoisotopic (exact) mass is 357 g/mol. The SMILES string of the molecule is CC(NC(=O)Nc1ccc(N2CCCC2)nc1)C(=O)NCc1ccco1. The van der Waals surface area contributed by atoms with Crippen LogP contribution >= 0.6 is 0 Å². The first-order chi connectivity index (χ1) is 12.6. The summed E-state index contributed by atoms with van der Waals surface area (Å²) >= 11 is 0. The lowest BCUT2D eigenvalue weighted by atomic mass is 10.3. The second-order valence-corrected chi connectivity index (χ2v) is 6.22. The topological polar surface area (TPSA) is 99.5 Å². The molecule has 0 radical (unpaired) electrons. The summed E-state index contributed by atoms with van der Waals surface area (Å²) in [6, 6.07) is 6.08. The number of aromatic nitrogens is 1.